The maximum absolute atomic E-state index is 12.4. The number of benzene rings is 1. The van der Waals surface area contributed by atoms with E-state index in [2.05, 4.69) is 29.2 Å². The highest BCUT2D eigenvalue weighted by Crippen LogP contribution is 2.24. The molecule has 23 heavy (non-hydrogen) atoms. The molecule has 2 heterocycles. The van der Waals surface area contributed by atoms with Crippen LogP contribution in [0.1, 0.15) is 40.6 Å². The first kappa shape index (κ1) is 15.4. The molecular formula is C17H18N4OS. The van der Waals surface area contributed by atoms with Crippen LogP contribution in [0.4, 0.5) is 0 Å². The summed E-state index contributed by atoms with van der Waals surface area (Å²) in [5.41, 5.74) is 3.05. The summed E-state index contributed by atoms with van der Waals surface area (Å²) in [5.74, 6) is 0.326. The number of thiophene rings is 1. The van der Waals surface area contributed by atoms with Gasteiger partial charge in [0.05, 0.1) is 10.6 Å². The van der Waals surface area contributed by atoms with E-state index < -0.39 is 0 Å². The maximum Gasteiger partial charge on any atom is 0.261 e. The van der Waals surface area contributed by atoms with Crippen molar-refractivity contribution in [2.75, 3.05) is 0 Å². The topological polar surface area (TPSA) is 59.8 Å². The summed E-state index contributed by atoms with van der Waals surface area (Å²) < 4.78 is 1.70. The lowest BCUT2D eigenvalue weighted by Gasteiger charge is -2.09. The van der Waals surface area contributed by atoms with Gasteiger partial charge in [0.2, 0.25) is 0 Å². The van der Waals surface area contributed by atoms with Gasteiger partial charge in [0.25, 0.3) is 5.91 Å². The largest absolute Gasteiger partial charge is 0.347 e. The van der Waals surface area contributed by atoms with Crippen molar-refractivity contribution < 1.29 is 4.79 Å². The molecule has 0 aliphatic carbocycles. The number of hydrogen-bond donors (Lipinski definition) is 1. The number of aromatic nitrogens is 3. The van der Waals surface area contributed by atoms with E-state index in [1.807, 2.05) is 35.7 Å². The van der Waals surface area contributed by atoms with Crippen LogP contribution in [0.3, 0.4) is 0 Å². The first-order valence-corrected chi connectivity index (χ1v) is 8.32. The number of carbonyl (C=O) groups excluding carboxylic acids is 1. The normalized spacial score (nSPS) is 10.9. The van der Waals surface area contributed by atoms with Crippen LogP contribution >= 0.6 is 11.3 Å². The van der Waals surface area contributed by atoms with Crippen LogP contribution in [0, 0.1) is 0 Å². The van der Waals surface area contributed by atoms with Crippen molar-refractivity contribution in [1.82, 2.24) is 20.1 Å². The van der Waals surface area contributed by atoms with Gasteiger partial charge in [-0.05, 0) is 40.6 Å². The second-order valence-corrected chi connectivity index (χ2v) is 6.47. The molecule has 6 heteroatoms. The van der Waals surface area contributed by atoms with E-state index in [-0.39, 0.29) is 5.91 Å². The van der Waals surface area contributed by atoms with Gasteiger partial charge in [-0.3, -0.25) is 4.79 Å². The summed E-state index contributed by atoms with van der Waals surface area (Å²) in [6, 6.07) is 9.90. The summed E-state index contributed by atoms with van der Waals surface area (Å²) in [5, 5.41) is 9.08. The van der Waals surface area contributed by atoms with E-state index in [0.29, 0.717) is 12.5 Å². The first-order chi connectivity index (χ1) is 11.1. The molecule has 3 rings (SSSR count). The molecule has 118 valence electrons. The Bertz CT molecular complexity index is 793. The van der Waals surface area contributed by atoms with E-state index in [9.17, 15) is 4.79 Å². The minimum atomic E-state index is -0.0186. The van der Waals surface area contributed by atoms with Gasteiger partial charge in [-0.15, -0.1) is 11.3 Å². The molecule has 0 saturated heterocycles. The first-order valence-electron chi connectivity index (χ1n) is 7.44. The lowest BCUT2D eigenvalue weighted by molar-refractivity contribution is 0.0954. The van der Waals surface area contributed by atoms with Crippen LogP contribution in [-0.2, 0) is 6.54 Å². The quantitative estimate of drug-likeness (QED) is 0.782. The molecule has 0 aliphatic rings. The molecule has 0 spiro atoms. The molecule has 0 unspecified atom stereocenters. The standard InChI is InChI=1S/C17H18N4OS/c1-12(2)15-6-7-23-16(15)17(22)19-9-13-4-3-5-14(8-13)21-11-18-10-20-21/h3-8,10-12H,9H2,1-2H3,(H,19,22). The molecule has 0 atom stereocenters. The van der Waals surface area contributed by atoms with Crippen LogP contribution in [0.15, 0.2) is 48.4 Å². The van der Waals surface area contributed by atoms with Crippen molar-refractivity contribution in [3.8, 4) is 5.69 Å². The van der Waals surface area contributed by atoms with Gasteiger partial charge in [-0.25, -0.2) is 9.67 Å². The van der Waals surface area contributed by atoms with Gasteiger partial charge in [0.15, 0.2) is 0 Å². The zero-order chi connectivity index (χ0) is 16.2. The Balaban J connectivity index is 1.70. The third-order valence-electron chi connectivity index (χ3n) is 3.57. The lowest BCUT2D eigenvalue weighted by Crippen LogP contribution is -2.23. The third-order valence-corrected chi connectivity index (χ3v) is 4.50. The Morgan fingerprint density at radius 3 is 2.96 bits per heavy atom. The fourth-order valence-corrected chi connectivity index (χ4v) is 3.34. The van der Waals surface area contributed by atoms with Gasteiger partial charge < -0.3 is 5.32 Å². The van der Waals surface area contributed by atoms with Gasteiger partial charge >= 0.3 is 0 Å². The lowest BCUT2D eigenvalue weighted by atomic mass is 10.0. The highest BCUT2D eigenvalue weighted by Gasteiger charge is 2.15. The fraction of sp³-hybridized carbons (Fsp3) is 0.235. The molecule has 2 aromatic heterocycles. The second kappa shape index (κ2) is 6.75. The van der Waals surface area contributed by atoms with Crippen molar-refractivity contribution in [3.63, 3.8) is 0 Å². The summed E-state index contributed by atoms with van der Waals surface area (Å²) in [7, 11) is 0. The van der Waals surface area contributed by atoms with Crippen molar-refractivity contribution >= 4 is 17.2 Å². The average Bonchev–Trinajstić information content (AvgIpc) is 3.23. The Hall–Kier alpha value is -2.47. The molecule has 5 nitrogen and oxygen atoms in total. The zero-order valence-electron chi connectivity index (χ0n) is 13.1. The van der Waals surface area contributed by atoms with Gasteiger partial charge in [-0.1, -0.05) is 26.0 Å². The smallest absolute Gasteiger partial charge is 0.261 e. The molecule has 0 aliphatic heterocycles. The maximum atomic E-state index is 12.4. The number of hydrogen-bond acceptors (Lipinski definition) is 4. The summed E-state index contributed by atoms with van der Waals surface area (Å²) in [6.07, 6.45) is 3.15. The van der Waals surface area contributed by atoms with E-state index in [4.69, 9.17) is 0 Å². The van der Waals surface area contributed by atoms with E-state index >= 15 is 0 Å². The van der Waals surface area contributed by atoms with Crippen molar-refractivity contribution in [3.05, 3.63) is 64.4 Å². The summed E-state index contributed by atoms with van der Waals surface area (Å²) >= 11 is 1.49. The second-order valence-electron chi connectivity index (χ2n) is 5.55. The molecule has 0 radical (unpaired) electrons. The molecule has 1 aromatic carbocycles. The number of nitrogens with one attached hydrogen (secondary N) is 1. The number of rotatable bonds is 5. The molecular weight excluding hydrogens is 308 g/mol. The van der Waals surface area contributed by atoms with Gasteiger partial charge in [0.1, 0.15) is 12.7 Å². The predicted octanol–water partition coefficient (Wildman–Crippen LogP) is 3.38. The van der Waals surface area contributed by atoms with Crippen LogP contribution < -0.4 is 5.32 Å². The minimum Gasteiger partial charge on any atom is -0.347 e. The van der Waals surface area contributed by atoms with Crippen molar-refractivity contribution in [2.45, 2.75) is 26.3 Å². The molecule has 1 amide bonds. The monoisotopic (exact) mass is 326 g/mol. The predicted molar refractivity (Wildman–Crippen MR) is 90.9 cm³/mol. The van der Waals surface area contributed by atoms with Crippen molar-refractivity contribution in [1.29, 1.82) is 0 Å². The van der Waals surface area contributed by atoms with Crippen LogP contribution in [0.5, 0.6) is 0 Å². The highest BCUT2D eigenvalue weighted by atomic mass is 32.1. The SMILES string of the molecule is CC(C)c1ccsc1C(=O)NCc1cccc(-n2cncn2)c1. The Morgan fingerprint density at radius 2 is 2.22 bits per heavy atom. The highest BCUT2D eigenvalue weighted by molar-refractivity contribution is 7.12. The van der Waals surface area contributed by atoms with Crippen LogP contribution in [-0.4, -0.2) is 20.7 Å². The fourth-order valence-electron chi connectivity index (χ4n) is 2.37. The van der Waals surface area contributed by atoms with Crippen molar-refractivity contribution in [2.24, 2.45) is 0 Å². The number of amides is 1. The molecule has 0 bridgehead atoms. The minimum absolute atomic E-state index is 0.0186. The zero-order valence-corrected chi connectivity index (χ0v) is 13.9. The van der Waals surface area contributed by atoms with Crippen LogP contribution in [0.2, 0.25) is 0 Å². The molecule has 1 N–H and O–H groups in total. The summed E-state index contributed by atoms with van der Waals surface area (Å²) in [4.78, 5) is 17.1. The van der Waals surface area contributed by atoms with E-state index in [1.54, 1.807) is 11.0 Å². The average molecular weight is 326 g/mol. The Labute approximate surface area is 139 Å². The van der Waals surface area contributed by atoms with E-state index in [1.165, 1.54) is 17.7 Å². The Morgan fingerprint density at radius 1 is 1.35 bits per heavy atom. The van der Waals surface area contributed by atoms with Gasteiger partial charge in [-0.2, -0.15) is 5.10 Å². The molecule has 0 fully saturated rings. The number of nitrogens with zero attached hydrogens (tertiary/aromatic N) is 3. The van der Waals surface area contributed by atoms with Gasteiger partial charge in [0, 0.05) is 6.54 Å². The summed E-state index contributed by atoms with van der Waals surface area (Å²) in [6.45, 7) is 4.68. The molecule has 3 aromatic rings. The van der Waals surface area contributed by atoms with E-state index in [0.717, 1.165) is 21.7 Å². The number of carbonyl (C=O) groups is 1. The Kier molecular flexibility index (Phi) is 4.52. The third kappa shape index (κ3) is 3.48. The van der Waals surface area contributed by atoms with Crippen LogP contribution in [0.25, 0.3) is 5.69 Å². The molecule has 0 saturated carbocycles.